The Morgan fingerprint density at radius 2 is 1.89 bits per heavy atom. The van der Waals surface area contributed by atoms with Gasteiger partial charge in [-0.05, 0) is 81.7 Å². The number of carbonyl (C=O) groups is 3. The summed E-state index contributed by atoms with van der Waals surface area (Å²) < 4.78 is 18.6. The lowest BCUT2D eigenvalue weighted by Crippen LogP contribution is -2.43. The van der Waals surface area contributed by atoms with Crippen LogP contribution in [0, 0.1) is 12.8 Å². The molecular weight excluding hydrogens is 574 g/mol. The zero-order chi connectivity index (χ0) is 32.4. The molecule has 1 aliphatic rings. The summed E-state index contributed by atoms with van der Waals surface area (Å²) in [6.45, 7) is 9.82. The van der Waals surface area contributed by atoms with E-state index in [-0.39, 0.29) is 19.2 Å². The number of nitrogens with zero attached hydrogens (tertiary/aromatic N) is 3. The van der Waals surface area contributed by atoms with E-state index in [0.29, 0.717) is 36.9 Å². The molecule has 242 valence electrons. The number of aryl methyl sites for hydroxylation is 2. The quantitative estimate of drug-likeness (QED) is 0.293. The standard InChI is InChI=1S/C34H45N5O6/c1-24-13-14-29(43-17-15-25-12-9-16-39(21-25)33(42)45-34(2,3)4)18-27(24)19-35-31(40)30(28-20-36-38(5)22-28)37-32(41)44-23-26-10-7-6-8-11-26/h6-8,10-11,13-14,18,20,22,25,30H,9,12,15-17,19,21,23H2,1-5H3,(H,35,40)(H,37,41). The van der Waals surface area contributed by atoms with E-state index in [1.165, 1.54) is 0 Å². The molecule has 45 heavy (non-hydrogen) atoms. The minimum absolute atomic E-state index is 0.0861. The van der Waals surface area contributed by atoms with Crippen molar-refractivity contribution >= 4 is 18.1 Å². The molecule has 2 unspecified atom stereocenters. The number of rotatable bonds is 11. The lowest BCUT2D eigenvalue weighted by atomic mass is 9.95. The largest absolute Gasteiger partial charge is 0.494 e. The summed E-state index contributed by atoms with van der Waals surface area (Å²) in [5, 5.41) is 9.77. The van der Waals surface area contributed by atoms with Crippen LogP contribution in [0.1, 0.15) is 68.3 Å². The predicted octanol–water partition coefficient (Wildman–Crippen LogP) is 5.43. The Bertz CT molecular complexity index is 1430. The third-order valence-corrected chi connectivity index (χ3v) is 7.53. The summed E-state index contributed by atoms with van der Waals surface area (Å²) in [6.07, 6.45) is 5.06. The van der Waals surface area contributed by atoms with E-state index in [2.05, 4.69) is 15.7 Å². The average molecular weight is 620 g/mol. The maximum Gasteiger partial charge on any atom is 0.410 e. The summed E-state index contributed by atoms with van der Waals surface area (Å²) in [6, 6.07) is 14.1. The molecule has 2 N–H and O–H groups in total. The van der Waals surface area contributed by atoms with Crippen molar-refractivity contribution in [1.82, 2.24) is 25.3 Å². The fourth-order valence-electron chi connectivity index (χ4n) is 5.12. The number of nitrogens with one attached hydrogen (secondary N) is 2. The summed E-state index contributed by atoms with van der Waals surface area (Å²) in [4.78, 5) is 40.3. The molecule has 0 spiro atoms. The van der Waals surface area contributed by atoms with Gasteiger partial charge in [0.1, 0.15) is 24.0 Å². The van der Waals surface area contributed by atoms with Gasteiger partial charge in [0.2, 0.25) is 5.91 Å². The van der Waals surface area contributed by atoms with E-state index in [9.17, 15) is 14.4 Å². The molecule has 2 atom stereocenters. The number of aromatic nitrogens is 2. The first kappa shape index (κ1) is 33.4. The molecule has 2 aromatic carbocycles. The predicted molar refractivity (Wildman–Crippen MR) is 169 cm³/mol. The Hall–Kier alpha value is -4.54. The Labute approximate surface area is 265 Å². The first-order valence-electron chi connectivity index (χ1n) is 15.4. The molecule has 0 saturated carbocycles. The summed E-state index contributed by atoms with van der Waals surface area (Å²) >= 11 is 0. The molecule has 1 aliphatic heterocycles. The molecule has 0 bridgehead atoms. The highest BCUT2D eigenvalue weighted by molar-refractivity contribution is 5.86. The number of ether oxygens (including phenoxy) is 3. The SMILES string of the molecule is Cc1ccc(OCCC2CCCN(C(=O)OC(C)(C)C)C2)cc1CNC(=O)C(NC(=O)OCc1ccccc1)c1cnn(C)c1. The first-order valence-corrected chi connectivity index (χ1v) is 15.4. The van der Waals surface area contributed by atoms with Crippen LogP contribution in [0.15, 0.2) is 60.9 Å². The second-order valence-electron chi connectivity index (χ2n) is 12.5. The van der Waals surface area contributed by atoms with Crippen molar-refractivity contribution in [3.63, 3.8) is 0 Å². The highest BCUT2D eigenvalue weighted by Crippen LogP contribution is 2.24. The van der Waals surface area contributed by atoms with Crippen LogP contribution in [-0.4, -0.2) is 58.1 Å². The van der Waals surface area contributed by atoms with Crippen LogP contribution >= 0.6 is 0 Å². The molecule has 4 rings (SSSR count). The van der Waals surface area contributed by atoms with Gasteiger partial charge in [0.15, 0.2) is 0 Å². The van der Waals surface area contributed by atoms with Gasteiger partial charge in [-0.1, -0.05) is 36.4 Å². The van der Waals surface area contributed by atoms with E-state index in [1.54, 1.807) is 29.0 Å². The van der Waals surface area contributed by atoms with Gasteiger partial charge in [-0.3, -0.25) is 9.48 Å². The van der Waals surface area contributed by atoms with Crippen LogP contribution in [0.2, 0.25) is 0 Å². The van der Waals surface area contributed by atoms with Gasteiger partial charge < -0.3 is 29.7 Å². The molecule has 2 heterocycles. The Balaban J connectivity index is 1.30. The maximum atomic E-state index is 13.3. The van der Waals surface area contributed by atoms with Gasteiger partial charge in [0.25, 0.3) is 0 Å². The molecule has 3 aromatic rings. The van der Waals surface area contributed by atoms with Crippen molar-refractivity contribution in [2.24, 2.45) is 13.0 Å². The highest BCUT2D eigenvalue weighted by Gasteiger charge is 2.28. The van der Waals surface area contributed by atoms with E-state index in [0.717, 1.165) is 36.0 Å². The van der Waals surface area contributed by atoms with Crippen LogP contribution in [-0.2, 0) is 34.5 Å². The Morgan fingerprint density at radius 1 is 1.11 bits per heavy atom. The van der Waals surface area contributed by atoms with E-state index >= 15 is 0 Å². The van der Waals surface area contributed by atoms with E-state index < -0.39 is 23.6 Å². The topological polar surface area (TPSA) is 124 Å². The number of hydrogen-bond donors (Lipinski definition) is 2. The summed E-state index contributed by atoms with van der Waals surface area (Å²) in [5.41, 5.74) is 2.75. The van der Waals surface area contributed by atoms with Gasteiger partial charge in [-0.25, -0.2) is 9.59 Å². The third kappa shape index (κ3) is 10.5. The molecule has 0 aliphatic carbocycles. The van der Waals surface area contributed by atoms with Gasteiger partial charge in [0.05, 0.1) is 12.8 Å². The van der Waals surface area contributed by atoms with Gasteiger partial charge in [-0.15, -0.1) is 0 Å². The highest BCUT2D eigenvalue weighted by atomic mass is 16.6. The van der Waals surface area contributed by atoms with Crippen LogP contribution in [0.4, 0.5) is 9.59 Å². The first-order chi connectivity index (χ1) is 21.5. The second kappa shape index (κ2) is 15.5. The molecule has 0 radical (unpaired) electrons. The number of likely N-dealkylation sites (tertiary alicyclic amines) is 1. The zero-order valence-electron chi connectivity index (χ0n) is 26.9. The molecule has 11 nitrogen and oxygen atoms in total. The minimum Gasteiger partial charge on any atom is -0.494 e. The van der Waals surface area contributed by atoms with E-state index in [4.69, 9.17) is 14.2 Å². The van der Waals surface area contributed by atoms with E-state index in [1.807, 2.05) is 76.2 Å². The van der Waals surface area contributed by atoms with Crippen LogP contribution < -0.4 is 15.4 Å². The number of alkyl carbamates (subject to hydrolysis) is 1. The number of carbonyl (C=O) groups excluding carboxylic acids is 3. The molecule has 1 saturated heterocycles. The third-order valence-electron chi connectivity index (χ3n) is 7.53. The minimum atomic E-state index is -0.988. The van der Waals surface area contributed by atoms with Crippen molar-refractivity contribution in [3.8, 4) is 5.75 Å². The van der Waals surface area contributed by atoms with Crippen molar-refractivity contribution in [2.45, 2.75) is 71.8 Å². The number of hydrogen-bond acceptors (Lipinski definition) is 7. The fourth-order valence-corrected chi connectivity index (χ4v) is 5.12. The number of piperidine rings is 1. The average Bonchev–Trinajstić information content (AvgIpc) is 3.44. The normalized spacial score (nSPS) is 15.6. The van der Waals surface area contributed by atoms with Crippen molar-refractivity contribution in [1.29, 1.82) is 0 Å². The smallest absolute Gasteiger partial charge is 0.410 e. The fraction of sp³-hybridized carbons (Fsp3) is 0.471. The lowest BCUT2D eigenvalue weighted by molar-refractivity contribution is -0.123. The Morgan fingerprint density at radius 3 is 2.60 bits per heavy atom. The van der Waals surface area contributed by atoms with Gasteiger partial charge >= 0.3 is 12.2 Å². The van der Waals surface area contributed by atoms with Gasteiger partial charge in [-0.2, -0.15) is 5.10 Å². The summed E-state index contributed by atoms with van der Waals surface area (Å²) in [7, 11) is 1.74. The van der Waals surface area contributed by atoms with Crippen molar-refractivity contribution in [2.75, 3.05) is 19.7 Å². The molecule has 1 aromatic heterocycles. The lowest BCUT2D eigenvalue weighted by Gasteiger charge is -2.34. The summed E-state index contributed by atoms with van der Waals surface area (Å²) in [5.74, 6) is 0.653. The number of amides is 3. The van der Waals surface area contributed by atoms with Crippen LogP contribution in [0.3, 0.4) is 0 Å². The monoisotopic (exact) mass is 619 g/mol. The van der Waals surface area contributed by atoms with Crippen molar-refractivity contribution in [3.05, 3.63) is 83.2 Å². The molecule has 11 heteroatoms. The van der Waals surface area contributed by atoms with Gasteiger partial charge in [0, 0.05) is 38.4 Å². The number of benzene rings is 2. The zero-order valence-corrected chi connectivity index (χ0v) is 26.9. The maximum absolute atomic E-state index is 13.3. The van der Waals surface area contributed by atoms with Crippen LogP contribution in [0.5, 0.6) is 5.75 Å². The Kier molecular flexibility index (Phi) is 11.5. The van der Waals surface area contributed by atoms with Crippen molar-refractivity contribution < 1.29 is 28.6 Å². The molecule has 1 fully saturated rings. The molecular formula is C34H45N5O6. The van der Waals surface area contributed by atoms with Crippen LogP contribution in [0.25, 0.3) is 0 Å². The molecule has 3 amide bonds. The second-order valence-corrected chi connectivity index (χ2v) is 12.5.